The summed E-state index contributed by atoms with van der Waals surface area (Å²) in [5, 5.41) is 9.10. The van der Waals surface area contributed by atoms with Crippen molar-refractivity contribution in [1.29, 1.82) is 0 Å². The molecule has 4 heteroatoms. The summed E-state index contributed by atoms with van der Waals surface area (Å²) in [6.07, 6.45) is 4.80. The highest BCUT2D eigenvalue weighted by Gasteiger charge is 2.11. The predicted molar refractivity (Wildman–Crippen MR) is 63.9 cm³/mol. The van der Waals surface area contributed by atoms with E-state index in [1.54, 1.807) is 25.4 Å². The molecule has 0 saturated heterocycles. The van der Waals surface area contributed by atoms with Gasteiger partial charge in [0.1, 0.15) is 6.33 Å². The van der Waals surface area contributed by atoms with Crippen LogP contribution in [0.2, 0.25) is 0 Å². The second-order valence-electron chi connectivity index (χ2n) is 3.91. The lowest BCUT2D eigenvalue weighted by Gasteiger charge is -2.09. The second kappa shape index (κ2) is 4.33. The van der Waals surface area contributed by atoms with Gasteiger partial charge in [-0.05, 0) is 36.6 Å². The maximum atomic E-state index is 11.1. The van der Waals surface area contributed by atoms with Crippen LogP contribution in [0, 0.1) is 13.8 Å². The van der Waals surface area contributed by atoms with E-state index >= 15 is 0 Å². The van der Waals surface area contributed by atoms with Crippen molar-refractivity contribution in [3.8, 4) is 11.1 Å². The number of carboxylic acid groups (broad SMARTS) is 1. The smallest absolute Gasteiger partial charge is 0.335 e. The van der Waals surface area contributed by atoms with Gasteiger partial charge >= 0.3 is 5.97 Å². The zero-order valence-corrected chi connectivity index (χ0v) is 9.64. The Morgan fingerprint density at radius 1 is 1.12 bits per heavy atom. The summed E-state index contributed by atoms with van der Waals surface area (Å²) < 4.78 is 0. The maximum Gasteiger partial charge on any atom is 0.335 e. The van der Waals surface area contributed by atoms with Gasteiger partial charge in [0.2, 0.25) is 0 Å². The van der Waals surface area contributed by atoms with Crippen molar-refractivity contribution in [2.75, 3.05) is 0 Å². The molecule has 0 aliphatic heterocycles. The first-order valence-corrected chi connectivity index (χ1v) is 5.19. The minimum Gasteiger partial charge on any atom is -0.478 e. The van der Waals surface area contributed by atoms with Crippen LogP contribution in [-0.4, -0.2) is 21.0 Å². The standard InChI is InChI=1S/C13H12N2O2/c1-8-3-9(2)12(13(16)17)4-11(8)10-5-14-7-15-6-10/h3-7H,1-2H3,(H,16,17). The van der Waals surface area contributed by atoms with Crippen LogP contribution in [0.5, 0.6) is 0 Å². The first-order valence-electron chi connectivity index (χ1n) is 5.19. The third-order valence-electron chi connectivity index (χ3n) is 2.67. The van der Waals surface area contributed by atoms with Gasteiger partial charge in [-0.1, -0.05) is 6.07 Å². The molecule has 1 N–H and O–H groups in total. The third kappa shape index (κ3) is 2.15. The summed E-state index contributed by atoms with van der Waals surface area (Å²) in [5.41, 5.74) is 3.77. The molecular formula is C13H12N2O2. The Bertz CT molecular complexity index is 565. The summed E-state index contributed by atoms with van der Waals surface area (Å²) in [6, 6.07) is 3.54. The summed E-state index contributed by atoms with van der Waals surface area (Å²) in [7, 11) is 0. The van der Waals surface area contributed by atoms with Crippen LogP contribution < -0.4 is 0 Å². The van der Waals surface area contributed by atoms with E-state index in [4.69, 9.17) is 5.11 Å². The minimum absolute atomic E-state index is 0.314. The molecule has 2 aromatic rings. The molecule has 1 aromatic carbocycles. The van der Waals surface area contributed by atoms with Crippen LogP contribution >= 0.6 is 0 Å². The molecule has 0 aliphatic carbocycles. The molecule has 0 amide bonds. The molecule has 17 heavy (non-hydrogen) atoms. The number of benzene rings is 1. The zero-order chi connectivity index (χ0) is 12.4. The molecule has 0 aliphatic rings. The van der Waals surface area contributed by atoms with Crippen LogP contribution in [0.15, 0.2) is 30.9 Å². The number of carboxylic acids is 1. The number of hydrogen-bond donors (Lipinski definition) is 1. The zero-order valence-electron chi connectivity index (χ0n) is 9.64. The van der Waals surface area contributed by atoms with E-state index in [9.17, 15) is 4.79 Å². The fourth-order valence-corrected chi connectivity index (χ4v) is 1.83. The third-order valence-corrected chi connectivity index (χ3v) is 2.67. The topological polar surface area (TPSA) is 63.1 Å². The van der Waals surface area contributed by atoms with Gasteiger partial charge < -0.3 is 5.11 Å². The molecule has 0 spiro atoms. The Labute approximate surface area is 99.0 Å². The Balaban J connectivity index is 2.63. The van der Waals surface area contributed by atoms with Gasteiger partial charge in [0.05, 0.1) is 5.56 Å². The van der Waals surface area contributed by atoms with Crippen LogP contribution in [0.4, 0.5) is 0 Å². The van der Waals surface area contributed by atoms with E-state index in [2.05, 4.69) is 9.97 Å². The molecule has 0 unspecified atom stereocenters. The summed E-state index contributed by atoms with van der Waals surface area (Å²) in [5.74, 6) is -0.916. The van der Waals surface area contributed by atoms with Crippen LogP contribution in [0.1, 0.15) is 21.5 Å². The summed E-state index contributed by atoms with van der Waals surface area (Å²) >= 11 is 0. The summed E-state index contributed by atoms with van der Waals surface area (Å²) in [4.78, 5) is 19.0. The van der Waals surface area contributed by atoms with Crippen molar-refractivity contribution in [3.05, 3.63) is 47.5 Å². The highest BCUT2D eigenvalue weighted by atomic mass is 16.4. The van der Waals surface area contributed by atoms with Gasteiger partial charge in [-0.3, -0.25) is 0 Å². The number of nitrogens with zero attached hydrogens (tertiary/aromatic N) is 2. The van der Waals surface area contributed by atoms with Gasteiger partial charge in [0.25, 0.3) is 0 Å². The number of aryl methyl sites for hydroxylation is 2. The Morgan fingerprint density at radius 2 is 1.76 bits per heavy atom. The second-order valence-corrected chi connectivity index (χ2v) is 3.91. The average Bonchev–Trinajstić information content (AvgIpc) is 2.29. The molecule has 2 rings (SSSR count). The van der Waals surface area contributed by atoms with Crippen molar-refractivity contribution >= 4 is 5.97 Å². The van der Waals surface area contributed by atoms with E-state index in [0.29, 0.717) is 5.56 Å². The Hall–Kier alpha value is -2.23. The Morgan fingerprint density at radius 3 is 2.35 bits per heavy atom. The van der Waals surface area contributed by atoms with Crippen LogP contribution in [-0.2, 0) is 0 Å². The van der Waals surface area contributed by atoms with Gasteiger partial charge in [0, 0.05) is 18.0 Å². The van der Waals surface area contributed by atoms with E-state index in [1.807, 2.05) is 13.0 Å². The highest BCUT2D eigenvalue weighted by molar-refractivity contribution is 5.91. The van der Waals surface area contributed by atoms with E-state index in [1.165, 1.54) is 6.33 Å². The van der Waals surface area contributed by atoms with Crippen molar-refractivity contribution in [2.45, 2.75) is 13.8 Å². The number of aromatic nitrogens is 2. The van der Waals surface area contributed by atoms with E-state index in [0.717, 1.165) is 22.3 Å². The molecule has 0 saturated carbocycles. The van der Waals surface area contributed by atoms with Crippen LogP contribution in [0.3, 0.4) is 0 Å². The quantitative estimate of drug-likeness (QED) is 0.857. The molecule has 0 radical (unpaired) electrons. The molecule has 1 heterocycles. The predicted octanol–water partition coefficient (Wildman–Crippen LogP) is 2.46. The summed E-state index contributed by atoms with van der Waals surface area (Å²) in [6.45, 7) is 3.74. The lowest BCUT2D eigenvalue weighted by molar-refractivity contribution is 0.0696. The Kier molecular flexibility index (Phi) is 2.87. The van der Waals surface area contributed by atoms with Crippen molar-refractivity contribution in [1.82, 2.24) is 9.97 Å². The number of aromatic carboxylic acids is 1. The normalized spacial score (nSPS) is 10.2. The SMILES string of the molecule is Cc1cc(C)c(-c2cncnc2)cc1C(=O)O. The fourth-order valence-electron chi connectivity index (χ4n) is 1.83. The van der Waals surface area contributed by atoms with Crippen LogP contribution in [0.25, 0.3) is 11.1 Å². The van der Waals surface area contributed by atoms with E-state index < -0.39 is 5.97 Å². The first kappa shape index (κ1) is 11.3. The first-order chi connectivity index (χ1) is 8.09. The van der Waals surface area contributed by atoms with Crippen molar-refractivity contribution < 1.29 is 9.90 Å². The van der Waals surface area contributed by atoms with Gasteiger partial charge in [-0.2, -0.15) is 0 Å². The monoisotopic (exact) mass is 228 g/mol. The fraction of sp³-hybridized carbons (Fsp3) is 0.154. The average molecular weight is 228 g/mol. The number of hydrogen-bond acceptors (Lipinski definition) is 3. The number of carbonyl (C=O) groups is 1. The molecule has 4 nitrogen and oxygen atoms in total. The van der Waals surface area contributed by atoms with Gasteiger partial charge in [-0.25, -0.2) is 14.8 Å². The largest absolute Gasteiger partial charge is 0.478 e. The van der Waals surface area contributed by atoms with Crippen molar-refractivity contribution in [3.63, 3.8) is 0 Å². The molecule has 0 bridgehead atoms. The molecule has 86 valence electrons. The van der Waals surface area contributed by atoms with Gasteiger partial charge in [0.15, 0.2) is 0 Å². The lowest BCUT2D eigenvalue weighted by Crippen LogP contribution is -2.01. The number of rotatable bonds is 2. The molecular weight excluding hydrogens is 216 g/mol. The minimum atomic E-state index is -0.916. The highest BCUT2D eigenvalue weighted by Crippen LogP contribution is 2.25. The van der Waals surface area contributed by atoms with E-state index in [-0.39, 0.29) is 0 Å². The molecule has 0 fully saturated rings. The van der Waals surface area contributed by atoms with Gasteiger partial charge in [-0.15, -0.1) is 0 Å². The lowest BCUT2D eigenvalue weighted by atomic mass is 9.96. The maximum absolute atomic E-state index is 11.1. The van der Waals surface area contributed by atoms with Crippen molar-refractivity contribution in [2.24, 2.45) is 0 Å². The molecule has 1 aromatic heterocycles. The molecule has 0 atom stereocenters.